The van der Waals surface area contributed by atoms with Gasteiger partial charge in [0.15, 0.2) is 0 Å². The fraction of sp³-hybridized carbons (Fsp3) is 0.192. The quantitative estimate of drug-likeness (QED) is 0.468. The van der Waals surface area contributed by atoms with Crippen molar-refractivity contribution >= 4 is 11.6 Å². The summed E-state index contributed by atoms with van der Waals surface area (Å²) in [5, 5.41) is 0. The molecule has 4 heterocycles. The summed E-state index contributed by atoms with van der Waals surface area (Å²) in [4.78, 5) is 27.6. The number of carbonyl (C=O) groups excluding carboxylic acids is 1. The second-order valence-corrected chi connectivity index (χ2v) is 7.95. The standard InChI is InChI=1S/C26H24N4O/c31-26(22-15-21(16-27-17-22)23-11-5-13-28-23)24-10-4-12-25(29-24)30-14-6-9-20(18-30)19-7-2-1-3-8-19/h1-5,7-8,10-13,15-17,20,28H,6,9,14,18H2. The van der Waals surface area contributed by atoms with Gasteiger partial charge in [0.05, 0.1) is 0 Å². The van der Waals surface area contributed by atoms with Gasteiger partial charge < -0.3 is 9.88 Å². The van der Waals surface area contributed by atoms with Crippen LogP contribution in [0.1, 0.15) is 40.4 Å². The van der Waals surface area contributed by atoms with E-state index in [1.807, 2.05) is 36.5 Å². The molecule has 1 aromatic carbocycles. The number of rotatable bonds is 5. The molecular formula is C26H24N4O. The first-order valence-corrected chi connectivity index (χ1v) is 10.7. The van der Waals surface area contributed by atoms with E-state index in [1.165, 1.54) is 12.0 Å². The fourth-order valence-electron chi connectivity index (χ4n) is 4.28. The van der Waals surface area contributed by atoms with Gasteiger partial charge in [-0.3, -0.25) is 9.78 Å². The van der Waals surface area contributed by atoms with Gasteiger partial charge >= 0.3 is 0 Å². The van der Waals surface area contributed by atoms with Crippen LogP contribution in [0.15, 0.2) is 85.3 Å². The maximum Gasteiger partial charge on any atom is 0.212 e. The van der Waals surface area contributed by atoms with Gasteiger partial charge in [0.2, 0.25) is 5.78 Å². The average molecular weight is 409 g/mol. The van der Waals surface area contributed by atoms with Gasteiger partial charge in [-0.15, -0.1) is 0 Å². The molecular weight excluding hydrogens is 384 g/mol. The Morgan fingerprint density at radius 2 is 1.90 bits per heavy atom. The monoisotopic (exact) mass is 408 g/mol. The Morgan fingerprint density at radius 3 is 2.74 bits per heavy atom. The predicted octanol–water partition coefficient (Wildman–Crippen LogP) is 5.09. The third-order valence-corrected chi connectivity index (χ3v) is 5.89. The maximum absolute atomic E-state index is 13.2. The number of nitrogens with zero attached hydrogens (tertiary/aromatic N) is 3. The minimum absolute atomic E-state index is 0.112. The van der Waals surface area contributed by atoms with E-state index in [9.17, 15) is 4.79 Å². The molecule has 1 aliphatic heterocycles. The fourth-order valence-corrected chi connectivity index (χ4v) is 4.28. The van der Waals surface area contributed by atoms with Gasteiger partial charge in [-0.25, -0.2) is 4.98 Å². The Bertz CT molecular complexity index is 1170. The number of anilines is 1. The Kier molecular flexibility index (Phi) is 5.31. The van der Waals surface area contributed by atoms with Crippen molar-refractivity contribution in [2.45, 2.75) is 18.8 Å². The number of carbonyl (C=O) groups is 1. The summed E-state index contributed by atoms with van der Waals surface area (Å²) in [7, 11) is 0. The van der Waals surface area contributed by atoms with E-state index < -0.39 is 0 Å². The van der Waals surface area contributed by atoms with Crippen LogP contribution < -0.4 is 4.90 Å². The zero-order valence-electron chi connectivity index (χ0n) is 17.2. The van der Waals surface area contributed by atoms with E-state index in [2.05, 4.69) is 45.2 Å². The second kappa shape index (κ2) is 8.56. The van der Waals surface area contributed by atoms with E-state index in [0.717, 1.165) is 36.6 Å². The first-order chi connectivity index (χ1) is 15.3. The number of benzene rings is 1. The van der Waals surface area contributed by atoms with Gasteiger partial charge in [-0.05, 0) is 48.7 Å². The molecule has 5 rings (SSSR count). The molecule has 0 spiro atoms. The summed E-state index contributed by atoms with van der Waals surface area (Å²) in [6.45, 7) is 1.87. The summed E-state index contributed by atoms with van der Waals surface area (Å²) >= 11 is 0. The molecule has 3 aromatic heterocycles. The molecule has 0 bridgehead atoms. The molecule has 4 aromatic rings. The Morgan fingerprint density at radius 1 is 1.00 bits per heavy atom. The van der Waals surface area contributed by atoms with Crippen molar-refractivity contribution in [3.63, 3.8) is 0 Å². The minimum Gasteiger partial charge on any atom is -0.361 e. The highest BCUT2D eigenvalue weighted by Gasteiger charge is 2.23. The summed E-state index contributed by atoms with van der Waals surface area (Å²) in [5.74, 6) is 1.23. The Balaban J connectivity index is 1.38. The topological polar surface area (TPSA) is 61.9 Å². The summed E-state index contributed by atoms with van der Waals surface area (Å²) in [6, 6.07) is 22.1. The predicted molar refractivity (Wildman–Crippen MR) is 122 cm³/mol. The lowest BCUT2D eigenvalue weighted by molar-refractivity contribution is 0.103. The number of aromatic amines is 1. The van der Waals surface area contributed by atoms with Crippen LogP contribution in [-0.4, -0.2) is 33.8 Å². The highest BCUT2D eigenvalue weighted by Crippen LogP contribution is 2.29. The van der Waals surface area contributed by atoms with Crippen molar-refractivity contribution < 1.29 is 4.79 Å². The Labute approximate surface area is 181 Å². The highest BCUT2D eigenvalue weighted by molar-refractivity contribution is 6.08. The first kappa shape index (κ1) is 19.2. The molecule has 154 valence electrons. The summed E-state index contributed by atoms with van der Waals surface area (Å²) in [5.41, 5.74) is 4.17. The zero-order chi connectivity index (χ0) is 21.0. The number of hydrogen-bond donors (Lipinski definition) is 1. The lowest BCUT2D eigenvalue weighted by Gasteiger charge is -2.34. The number of ketones is 1. The number of aromatic nitrogens is 3. The molecule has 0 radical (unpaired) electrons. The van der Waals surface area contributed by atoms with Crippen molar-refractivity contribution in [3.8, 4) is 11.3 Å². The van der Waals surface area contributed by atoms with E-state index in [1.54, 1.807) is 18.5 Å². The van der Waals surface area contributed by atoms with Crippen molar-refractivity contribution in [2.24, 2.45) is 0 Å². The Hall–Kier alpha value is -3.73. The molecule has 1 atom stereocenters. The number of piperidine rings is 1. The van der Waals surface area contributed by atoms with Crippen LogP contribution in [0.3, 0.4) is 0 Å². The lowest BCUT2D eigenvalue weighted by Crippen LogP contribution is -2.35. The third kappa shape index (κ3) is 4.12. The van der Waals surface area contributed by atoms with Gasteiger partial charge in [-0.2, -0.15) is 0 Å². The maximum atomic E-state index is 13.2. The summed E-state index contributed by atoms with van der Waals surface area (Å²) in [6.07, 6.45) is 7.51. The van der Waals surface area contributed by atoms with Crippen LogP contribution >= 0.6 is 0 Å². The first-order valence-electron chi connectivity index (χ1n) is 10.7. The van der Waals surface area contributed by atoms with Crippen LogP contribution in [0.25, 0.3) is 11.3 Å². The zero-order valence-corrected chi connectivity index (χ0v) is 17.2. The molecule has 1 unspecified atom stereocenters. The van der Waals surface area contributed by atoms with Crippen LogP contribution in [0.4, 0.5) is 5.82 Å². The van der Waals surface area contributed by atoms with Crippen LogP contribution in [-0.2, 0) is 0 Å². The van der Waals surface area contributed by atoms with Crippen molar-refractivity contribution in [2.75, 3.05) is 18.0 Å². The number of pyridine rings is 2. The van der Waals surface area contributed by atoms with Crippen LogP contribution in [0.5, 0.6) is 0 Å². The molecule has 1 fully saturated rings. The smallest absolute Gasteiger partial charge is 0.212 e. The molecule has 0 saturated carbocycles. The summed E-state index contributed by atoms with van der Waals surface area (Å²) < 4.78 is 0. The van der Waals surface area contributed by atoms with E-state index >= 15 is 0 Å². The van der Waals surface area contributed by atoms with Crippen molar-refractivity contribution in [1.82, 2.24) is 15.0 Å². The van der Waals surface area contributed by atoms with E-state index in [4.69, 9.17) is 4.98 Å². The molecule has 5 nitrogen and oxygen atoms in total. The lowest BCUT2D eigenvalue weighted by atomic mass is 9.90. The van der Waals surface area contributed by atoms with Gasteiger partial charge in [0, 0.05) is 54.4 Å². The molecule has 1 aliphatic rings. The van der Waals surface area contributed by atoms with E-state index in [-0.39, 0.29) is 5.78 Å². The SMILES string of the molecule is O=C(c1cncc(-c2ccc[nH]2)c1)c1cccc(N2CCCC(c3ccccc3)C2)n1. The van der Waals surface area contributed by atoms with Crippen molar-refractivity contribution in [1.29, 1.82) is 0 Å². The third-order valence-electron chi connectivity index (χ3n) is 5.89. The molecule has 1 saturated heterocycles. The molecule has 31 heavy (non-hydrogen) atoms. The van der Waals surface area contributed by atoms with Crippen molar-refractivity contribution in [3.05, 3.63) is 102 Å². The number of H-pyrrole nitrogens is 1. The van der Waals surface area contributed by atoms with Gasteiger partial charge in [-0.1, -0.05) is 36.4 Å². The molecule has 5 heteroatoms. The second-order valence-electron chi connectivity index (χ2n) is 7.95. The van der Waals surface area contributed by atoms with Gasteiger partial charge in [0.25, 0.3) is 0 Å². The number of nitrogens with one attached hydrogen (secondary N) is 1. The molecule has 0 amide bonds. The number of hydrogen-bond acceptors (Lipinski definition) is 4. The largest absolute Gasteiger partial charge is 0.361 e. The van der Waals surface area contributed by atoms with Crippen LogP contribution in [0.2, 0.25) is 0 Å². The van der Waals surface area contributed by atoms with E-state index in [0.29, 0.717) is 17.2 Å². The minimum atomic E-state index is -0.112. The highest BCUT2D eigenvalue weighted by atomic mass is 16.1. The molecule has 1 N–H and O–H groups in total. The average Bonchev–Trinajstić information content (AvgIpc) is 3.40. The van der Waals surface area contributed by atoms with Gasteiger partial charge in [0.1, 0.15) is 11.5 Å². The van der Waals surface area contributed by atoms with Crippen LogP contribution in [0, 0.1) is 0 Å². The molecule has 0 aliphatic carbocycles. The normalized spacial score (nSPS) is 16.3.